The van der Waals surface area contributed by atoms with Crippen molar-refractivity contribution in [1.82, 2.24) is 4.98 Å². The van der Waals surface area contributed by atoms with Crippen molar-refractivity contribution in [3.8, 4) is 10.6 Å². The number of fused-ring (bicyclic) bond motifs is 1. The second kappa shape index (κ2) is 4.26. The summed E-state index contributed by atoms with van der Waals surface area (Å²) in [5.74, 6) is 0. The van der Waals surface area contributed by atoms with Gasteiger partial charge in [0.1, 0.15) is 5.01 Å². The Kier molecular flexibility index (Phi) is 2.73. The molecule has 0 aliphatic heterocycles. The van der Waals surface area contributed by atoms with Crippen molar-refractivity contribution in [3.63, 3.8) is 0 Å². The highest BCUT2D eigenvalue weighted by atomic mass is 35.5. The summed E-state index contributed by atoms with van der Waals surface area (Å²) in [4.78, 5) is 4.66. The van der Waals surface area contributed by atoms with E-state index in [1.807, 2.05) is 18.2 Å². The highest BCUT2D eigenvalue weighted by Gasteiger charge is 2.11. The molecule has 0 spiro atoms. The Labute approximate surface area is 114 Å². The lowest BCUT2D eigenvalue weighted by Gasteiger charge is -2.03. The van der Waals surface area contributed by atoms with Crippen LogP contribution in [0.1, 0.15) is 5.56 Å². The third-order valence-electron chi connectivity index (χ3n) is 2.90. The number of hydrogen-bond acceptors (Lipinski definition) is 3. The minimum absolute atomic E-state index is 0.573. The number of aryl methyl sites for hydroxylation is 1. The number of halogens is 1. The highest BCUT2D eigenvalue weighted by molar-refractivity contribution is 7.21. The van der Waals surface area contributed by atoms with Gasteiger partial charge in [-0.3, -0.25) is 0 Å². The number of nitrogen functional groups attached to an aromatic ring is 1. The van der Waals surface area contributed by atoms with Gasteiger partial charge in [0.2, 0.25) is 0 Å². The van der Waals surface area contributed by atoms with Crippen LogP contribution in [0.25, 0.3) is 20.8 Å². The van der Waals surface area contributed by atoms with Crippen LogP contribution in [0.4, 0.5) is 5.69 Å². The van der Waals surface area contributed by atoms with E-state index in [0.717, 1.165) is 16.1 Å². The van der Waals surface area contributed by atoms with Gasteiger partial charge in [-0.1, -0.05) is 29.8 Å². The molecule has 2 N–H and O–H groups in total. The molecular weight excluding hydrogens is 264 g/mol. The Hall–Kier alpha value is -1.58. The molecule has 3 rings (SSSR count). The van der Waals surface area contributed by atoms with Gasteiger partial charge < -0.3 is 5.73 Å². The summed E-state index contributed by atoms with van der Waals surface area (Å²) in [5, 5.41) is 1.49. The van der Waals surface area contributed by atoms with Crippen LogP contribution in [0.5, 0.6) is 0 Å². The van der Waals surface area contributed by atoms with E-state index >= 15 is 0 Å². The lowest BCUT2D eigenvalue weighted by atomic mass is 10.2. The van der Waals surface area contributed by atoms with Crippen LogP contribution in [-0.2, 0) is 0 Å². The number of anilines is 1. The van der Waals surface area contributed by atoms with Crippen LogP contribution in [0, 0.1) is 6.92 Å². The average Bonchev–Trinajstić information content (AvgIpc) is 2.78. The molecule has 1 aromatic heterocycles. The summed E-state index contributed by atoms with van der Waals surface area (Å²) in [6.45, 7) is 2.06. The zero-order valence-corrected chi connectivity index (χ0v) is 11.3. The van der Waals surface area contributed by atoms with Gasteiger partial charge in [0.25, 0.3) is 0 Å². The first-order valence-corrected chi connectivity index (χ1v) is 6.77. The molecular formula is C14H11ClN2S. The molecule has 90 valence electrons. The zero-order chi connectivity index (χ0) is 12.7. The molecule has 1 heterocycles. The molecule has 0 aliphatic carbocycles. The molecule has 0 unspecified atom stereocenters. The van der Waals surface area contributed by atoms with Crippen molar-refractivity contribution >= 4 is 38.8 Å². The van der Waals surface area contributed by atoms with Crippen molar-refractivity contribution < 1.29 is 0 Å². The molecule has 2 aromatic carbocycles. The molecule has 18 heavy (non-hydrogen) atoms. The fourth-order valence-electron chi connectivity index (χ4n) is 1.92. The summed E-state index contributed by atoms with van der Waals surface area (Å²) >= 11 is 7.68. The molecule has 2 nitrogen and oxygen atoms in total. The topological polar surface area (TPSA) is 38.9 Å². The lowest BCUT2D eigenvalue weighted by Crippen LogP contribution is -1.90. The van der Waals surface area contributed by atoms with Crippen LogP contribution < -0.4 is 5.73 Å². The quantitative estimate of drug-likeness (QED) is 0.663. The molecule has 0 atom stereocenters. The molecule has 3 aromatic rings. The number of hydrogen-bond donors (Lipinski definition) is 1. The maximum absolute atomic E-state index is 6.05. The zero-order valence-electron chi connectivity index (χ0n) is 9.77. The fourth-order valence-corrected chi connectivity index (χ4v) is 3.18. The molecule has 0 saturated carbocycles. The van der Waals surface area contributed by atoms with Gasteiger partial charge in [0.15, 0.2) is 0 Å². The average molecular weight is 275 g/mol. The number of nitrogens with zero attached hydrogens (tertiary/aromatic N) is 1. The first kappa shape index (κ1) is 11.5. The minimum atomic E-state index is 0.573. The molecule has 0 amide bonds. The van der Waals surface area contributed by atoms with Crippen LogP contribution >= 0.6 is 22.9 Å². The van der Waals surface area contributed by atoms with E-state index in [1.54, 1.807) is 17.4 Å². The van der Waals surface area contributed by atoms with Crippen molar-refractivity contribution in [3.05, 3.63) is 47.0 Å². The summed E-state index contributed by atoms with van der Waals surface area (Å²) in [7, 11) is 0. The summed E-state index contributed by atoms with van der Waals surface area (Å²) in [6, 6.07) is 11.8. The van der Waals surface area contributed by atoms with Crippen molar-refractivity contribution in [2.45, 2.75) is 6.92 Å². The number of benzene rings is 2. The molecule has 0 bridgehead atoms. The van der Waals surface area contributed by atoms with E-state index in [9.17, 15) is 0 Å². The van der Waals surface area contributed by atoms with Gasteiger partial charge in [-0.15, -0.1) is 11.3 Å². The van der Waals surface area contributed by atoms with Crippen LogP contribution in [0.2, 0.25) is 5.02 Å². The molecule has 0 fully saturated rings. The van der Waals surface area contributed by atoms with Gasteiger partial charge in [-0.2, -0.15) is 0 Å². The summed E-state index contributed by atoms with van der Waals surface area (Å²) in [6.07, 6.45) is 0. The Morgan fingerprint density at radius 2 is 1.94 bits per heavy atom. The van der Waals surface area contributed by atoms with Gasteiger partial charge in [0.05, 0.1) is 20.9 Å². The molecule has 4 heteroatoms. The maximum atomic E-state index is 6.05. The third kappa shape index (κ3) is 1.76. The van der Waals surface area contributed by atoms with E-state index in [-0.39, 0.29) is 0 Å². The normalized spacial score (nSPS) is 11.0. The van der Waals surface area contributed by atoms with Gasteiger partial charge in [-0.05, 0) is 30.7 Å². The van der Waals surface area contributed by atoms with Crippen LogP contribution in [0.15, 0.2) is 36.4 Å². The van der Waals surface area contributed by atoms with Crippen LogP contribution in [0.3, 0.4) is 0 Å². The predicted octanol–water partition coefficient (Wildman–Crippen LogP) is 4.51. The SMILES string of the molecule is Cc1cccc2sc(-c3cccc(Cl)c3N)nc12. The van der Waals surface area contributed by atoms with E-state index in [4.69, 9.17) is 17.3 Å². The van der Waals surface area contributed by atoms with Crippen molar-refractivity contribution in [2.24, 2.45) is 0 Å². The number of nitrogens with two attached hydrogens (primary N) is 1. The van der Waals surface area contributed by atoms with E-state index in [2.05, 4.69) is 24.0 Å². The second-order valence-electron chi connectivity index (χ2n) is 4.14. The van der Waals surface area contributed by atoms with Gasteiger partial charge >= 0.3 is 0 Å². The number of aromatic nitrogens is 1. The fraction of sp³-hybridized carbons (Fsp3) is 0.0714. The standard InChI is InChI=1S/C14H11ClN2S/c1-8-4-2-7-11-13(8)17-14(18-11)9-5-3-6-10(15)12(9)16/h2-7H,16H2,1H3. The van der Waals surface area contributed by atoms with E-state index in [1.165, 1.54) is 10.3 Å². The molecule has 0 aliphatic rings. The molecule has 0 radical (unpaired) electrons. The van der Waals surface area contributed by atoms with Crippen LogP contribution in [-0.4, -0.2) is 4.98 Å². The highest BCUT2D eigenvalue weighted by Crippen LogP contribution is 2.36. The summed E-state index contributed by atoms with van der Waals surface area (Å²) < 4.78 is 1.17. The summed E-state index contributed by atoms with van der Waals surface area (Å²) in [5.41, 5.74) is 9.72. The lowest BCUT2D eigenvalue weighted by molar-refractivity contribution is 1.42. The number of rotatable bonds is 1. The minimum Gasteiger partial charge on any atom is -0.397 e. The smallest absolute Gasteiger partial charge is 0.126 e. The Bertz CT molecular complexity index is 734. The van der Waals surface area contributed by atoms with Gasteiger partial charge in [0, 0.05) is 5.56 Å². The first-order valence-electron chi connectivity index (χ1n) is 5.57. The maximum Gasteiger partial charge on any atom is 0.126 e. The number of thiazole rings is 1. The monoisotopic (exact) mass is 274 g/mol. The van der Waals surface area contributed by atoms with Crippen molar-refractivity contribution in [1.29, 1.82) is 0 Å². The third-order valence-corrected chi connectivity index (χ3v) is 4.29. The second-order valence-corrected chi connectivity index (χ2v) is 5.58. The Balaban J connectivity index is 2.26. The van der Waals surface area contributed by atoms with E-state index < -0.39 is 0 Å². The first-order chi connectivity index (χ1) is 8.66. The van der Waals surface area contributed by atoms with E-state index in [0.29, 0.717) is 10.7 Å². The number of para-hydroxylation sites is 2. The Morgan fingerprint density at radius 1 is 1.17 bits per heavy atom. The van der Waals surface area contributed by atoms with Gasteiger partial charge in [-0.25, -0.2) is 4.98 Å². The largest absolute Gasteiger partial charge is 0.397 e. The molecule has 0 saturated heterocycles. The van der Waals surface area contributed by atoms with Crippen molar-refractivity contribution in [2.75, 3.05) is 5.73 Å². The Morgan fingerprint density at radius 3 is 2.72 bits per heavy atom. The predicted molar refractivity (Wildman–Crippen MR) is 79.2 cm³/mol.